The Morgan fingerprint density at radius 1 is 0.313 bits per heavy atom. The zero-order valence-electron chi connectivity index (χ0n) is 36.8. The zero-order chi connectivity index (χ0) is 44.3. The summed E-state index contributed by atoms with van der Waals surface area (Å²) < 4.78 is 2.39. The number of rotatable bonds is 8. The van der Waals surface area contributed by atoms with Crippen LogP contribution in [0.25, 0.3) is 71.6 Å². The second-order valence-corrected chi connectivity index (χ2v) is 17.6. The van der Waals surface area contributed by atoms with Crippen molar-refractivity contribution in [2.75, 3.05) is 4.90 Å². The lowest BCUT2D eigenvalue weighted by atomic mass is 9.68. The summed E-state index contributed by atoms with van der Waals surface area (Å²) in [6.45, 7) is 0. The Bertz CT molecular complexity index is 3690. The van der Waals surface area contributed by atoms with E-state index < -0.39 is 5.41 Å². The Labute approximate surface area is 390 Å². The number of hydrogen-bond acceptors (Lipinski definition) is 1. The highest BCUT2D eigenvalue weighted by Gasteiger charge is 2.45. The first-order chi connectivity index (χ1) is 33.3. The van der Waals surface area contributed by atoms with Crippen molar-refractivity contribution in [1.29, 1.82) is 0 Å². The van der Waals surface area contributed by atoms with Gasteiger partial charge in [-0.05, 0) is 115 Å². The number of fused-ring (bicyclic) bond motifs is 7. The van der Waals surface area contributed by atoms with Crippen molar-refractivity contribution in [1.82, 2.24) is 4.57 Å². The molecule has 0 amide bonds. The van der Waals surface area contributed by atoms with Crippen LogP contribution in [0.4, 0.5) is 17.1 Å². The molecule has 13 rings (SSSR count). The molecule has 0 saturated heterocycles. The summed E-state index contributed by atoms with van der Waals surface area (Å²) in [6, 6.07) is 98.1. The number of anilines is 3. The van der Waals surface area contributed by atoms with Gasteiger partial charge in [-0.3, -0.25) is 0 Å². The van der Waals surface area contributed by atoms with Gasteiger partial charge in [-0.25, -0.2) is 0 Å². The van der Waals surface area contributed by atoms with E-state index >= 15 is 0 Å². The second kappa shape index (κ2) is 15.8. The Morgan fingerprint density at radius 2 is 0.776 bits per heavy atom. The fraction of sp³-hybridized carbons (Fsp3) is 0.0154. The Kier molecular flexibility index (Phi) is 9.11. The molecule has 0 atom stereocenters. The molecule has 0 bridgehead atoms. The topological polar surface area (TPSA) is 8.17 Å². The van der Waals surface area contributed by atoms with E-state index in [0.717, 1.165) is 28.3 Å². The molecule has 0 saturated carbocycles. The summed E-state index contributed by atoms with van der Waals surface area (Å²) >= 11 is 0. The molecule has 1 aliphatic rings. The van der Waals surface area contributed by atoms with Gasteiger partial charge in [0.05, 0.1) is 22.1 Å². The van der Waals surface area contributed by atoms with Crippen molar-refractivity contribution in [3.05, 3.63) is 289 Å². The fourth-order valence-electron chi connectivity index (χ4n) is 11.3. The largest absolute Gasteiger partial charge is 0.310 e. The van der Waals surface area contributed by atoms with Crippen LogP contribution >= 0.6 is 0 Å². The molecule has 314 valence electrons. The Morgan fingerprint density at radius 3 is 1.40 bits per heavy atom. The van der Waals surface area contributed by atoms with E-state index in [4.69, 9.17) is 0 Å². The third-order valence-corrected chi connectivity index (χ3v) is 14.1. The molecule has 67 heavy (non-hydrogen) atoms. The lowest BCUT2D eigenvalue weighted by Gasteiger charge is -2.34. The van der Waals surface area contributed by atoms with Crippen molar-refractivity contribution in [2.24, 2.45) is 0 Å². The maximum atomic E-state index is 2.45. The molecular formula is C65H44N2. The number of nitrogens with zero attached hydrogens (tertiary/aromatic N) is 2. The molecule has 0 unspecified atom stereocenters. The summed E-state index contributed by atoms with van der Waals surface area (Å²) in [4.78, 5) is 2.45. The van der Waals surface area contributed by atoms with Crippen molar-refractivity contribution in [3.63, 3.8) is 0 Å². The zero-order valence-corrected chi connectivity index (χ0v) is 36.8. The first-order valence-corrected chi connectivity index (χ1v) is 23.2. The predicted molar refractivity (Wildman–Crippen MR) is 281 cm³/mol. The smallest absolute Gasteiger partial charge is 0.0713 e. The number of aromatic nitrogens is 1. The standard InChI is InChI=1S/C65H44N2/c1-3-19-45(20-4-1)52-30-17-21-46-22-18-31-58(64(46)52)57-29-11-14-34-61(57)66(50-41-43-51(44-42-50)67-62-35-15-9-27-55(62)56-28-10-16-36-63(56)67)49-39-37-48(38-40-49)65(47-23-5-2-6-24-47)59-32-12-7-25-53(59)54-26-8-13-33-60(54)65/h1-44H. The lowest BCUT2D eigenvalue weighted by Crippen LogP contribution is -2.28. The maximum Gasteiger partial charge on any atom is 0.0713 e. The van der Waals surface area contributed by atoms with E-state index in [-0.39, 0.29) is 0 Å². The summed E-state index contributed by atoms with van der Waals surface area (Å²) in [6.07, 6.45) is 0. The van der Waals surface area contributed by atoms with Crippen LogP contribution < -0.4 is 4.90 Å². The number of para-hydroxylation sites is 3. The van der Waals surface area contributed by atoms with Gasteiger partial charge < -0.3 is 9.47 Å². The maximum absolute atomic E-state index is 2.45. The number of benzene rings is 11. The summed E-state index contributed by atoms with van der Waals surface area (Å²) in [5.74, 6) is 0. The second-order valence-electron chi connectivity index (χ2n) is 17.6. The quantitative estimate of drug-likeness (QED) is 0.148. The summed E-state index contributed by atoms with van der Waals surface area (Å²) in [5.41, 5.74) is 18.7. The molecule has 11 aromatic carbocycles. The van der Waals surface area contributed by atoms with Crippen LogP contribution in [0.15, 0.2) is 267 Å². The van der Waals surface area contributed by atoms with Gasteiger partial charge >= 0.3 is 0 Å². The predicted octanol–water partition coefficient (Wildman–Crippen LogP) is 17.1. The van der Waals surface area contributed by atoms with Gasteiger partial charge in [0, 0.05) is 33.4 Å². The third kappa shape index (κ3) is 6.04. The molecule has 2 nitrogen and oxygen atoms in total. The average molecular weight is 853 g/mol. The molecule has 0 radical (unpaired) electrons. The van der Waals surface area contributed by atoms with Crippen molar-refractivity contribution in [3.8, 4) is 39.1 Å². The van der Waals surface area contributed by atoms with Crippen molar-refractivity contribution < 1.29 is 0 Å². The molecule has 0 aliphatic heterocycles. The van der Waals surface area contributed by atoms with E-state index in [9.17, 15) is 0 Å². The van der Waals surface area contributed by atoms with Gasteiger partial charge in [0.1, 0.15) is 0 Å². The van der Waals surface area contributed by atoms with Crippen molar-refractivity contribution >= 4 is 49.6 Å². The molecule has 1 heterocycles. The minimum absolute atomic E-state index is 0.490. The SMILES string of the molecule is c1ccc(-c2cccc3cccc(-c4ccccc4N(c4ccc(-n5c6ccccc6c6ccccc65)cc4)c4ccc(C5(c6ccccc6)c6ccccc6-c6ccccc65)cc4)c23)cc1. The third-order valence-electron chi connectivity index (χ3n) is 14.1. The fourth-order valence-corrected chi connectivity index (χ4v) is 11.3. The van der Waals surface area contributed by atoms with Gasteiger partial charge in [0.25, 0.3) is 0 Å². The Hall–Kier alpha value is -8.72. The molecule has 0 spiro atoms. The monoisotopic (exact) mass is 852 g/mol. The number of hydrogen-bond donors (Lipinski definition) is 0. The average Bonchev–Trinajstić information content (AvgIpc) is 3.91. The van der Waals surface area contributed by atoms with Gasteiger partial charge in [0.2, 0.25) is 0 Å². The van der Waals surface area contributed by atoms with E-state index in [2.05, 4.69) is 276 Å². The van der Waals surface area contributed by atoms with Gasteiger partial charge in [-0.2, -0.15) is 0 Å². The van der Waals surface area contributed by atoms with Gasteiger partial charge in [-0.1, -0.05) is 212 Å². The van der Waals surface area contributed by atoms with Crippen LogP contribution in [0.3, 0.4) is 0 Å². The normalized spacial score (nSPS) is 12.6. The molecular weight excluding hydrogens is 809 g/mol. The van der Waals surface area contributed by atoms with Crippen LogP contribution in [0.2, 0.25) is 0 Å². The molecule has 1 aliphatic carbocycles. The van der Waals surface area contributed by atoms with E-state index in [1.165, 1.54) is 82.6 Å². The summed E-state index contributed by atoms with van der Waals surface area (Å²) in [5, 5.41) is 4.96. The first-order valence-electron chi connectivity index (χ1n) is 23.2. The summed E-state index contributed by atoms with van der Waals surface area (Å²) in [7, 11) is 0. The van der Waals surface area contributed by atoms with Crippen LogP contribution in [0.5, 0.6) is 0 Å². The lowest BCUT2D eigenvalue weighted by molar-refractivity contribution is 0.768. The minimum atomic E-state index is -0.490. The Balaban J connectivity index is 1.02. The highest BCUT2D eigenvalue weighted by Crippen LogP contribution is 2.56. The van der Waals surface area contributed by atoms with Crippen LogP contribution in [-0.2, 0) is 5.41 Å². The van der Waals surface area contributed by atoms with Crippen LogP contribution in [0, 0.1) is 0 Å². The van der Waals surface area contributed by atoms with Gasteiger partial charge in [0.15, 0.2) is 0 Å². The first kappa shape index (κ1) is 38.7. The van der Waals surface area contributed by atoms with E-state index in [1.807, 2.05) is 0 Å². The molecule has 12 aromatic rings. The molecule has 2 heteroatoms. The molecule has 0 fully saturated rings. The van der Waals surface area contributed by atoms with E-state index in [0.29, 0.717) is 0 Å². The molecule has 0 N–H and O–H groups in total. The van der Waals surface area contributed by atoms with Crippen molar-refractivity contribution in [2.45, 2.75) is 5.41 Å². The molecule has 1 aromatic heterocycles. The van der Waals surface area contributed by atoms with Gasteiger partial charge in [-0.15, -0.1) is 0 Å². The van der Waals surface area contributed by atoms with E-state index in [1.54, 1.807) is 0 Å². The van der Waals surface area contributed by atoms with Crippen LogP contribution in [-0.4, -0.2) is 4.57 Å². The highest BCUT2D eigenvalue weighted by molar-refractivity contribution is 6.10. The van der Waals surface area contributed by atoms with Crippen LogP contribution in [0.1, 0.15) is 22.3 Å². The minimum Gasteiger partial charge on any atom is -0.310 e. The highest BCUT2D eigenvalue weighted by atomic mass is 15.1.